The number of aliphatic carboxylic acids is 1. The van der Waals surface area contributed by atoms with E-state index in [1.54, 1.807) is 18.2 Å². The number of rotatable bonds is 3. The Kier molecular flexibility index (Phi) is 4.07. The van der Waals surface area contributed by atoms with Crippen LogP contribution >= 0.6 is 23.2 Å². The SMILES string of the molecule is O=C(O)CN1N=C(c2ccc(Cl)cc2Cl)CCC1=O. The minimum absolute atomic E-state index is 0.213. The second kappa shape index (κ2) is 5.59. The standard InChI is InChI=1S/C12H10Cl2N2O3/c13-7-1-2-8(9(14)5-7)10-3-4-11(17)16(15-10)6-12(18)19/h1-2,5H,3-4,6H2,(H,18,19). The molecule has 0 atom stereocenters. The van der Waals surface area contributed by atoms with Crippen molar-refractivity contribution in [2.24, 2.45) is 5.10 Å². The Morgan fingerprint density at radius 3 is 2.74 bits per heavy atom. The zero-order valence-corrected chi connectivity index (χ0v) is 11.3. The predicted molar refractivity (Wildman–Crippen MR) is 71.6 cm³/mol. The van der Waals surface area contributed by atoms with E-state index in [1.807, 2.05) is 0 Å². The fraction of sp³-hybridized carbons (Fsp3) is 0.250. The molecule has 0 bridgehead atoms. The van der Waals surface area contributed by atoms with E-state index in [0.717, 1.165) is 5.01 Å². The molecule has 1 amide bonds. The summed E-state index contributed by atoms with van der Waals surface area (Å²) in [7, 11) is 0. The van der Waals surface area contributed by atoms with Crippen LogP contribution in [-0.2, 0) is 9.59 Å². The van der Waals surface area contributed by atoms with Crippen LogP contribution in [0.3, 0.4) is 0 Å². The lowest BCUT2D eigenvalue weighted by Gasteiger charge is -2.22. The number of carbonyl (C=O) groups is 2. The third kappa shape index (κ3) is 3.24. The topological polar surface area (TPSA) is 70.0 Å². The molecule has 0 spiro atoms. The highest BCUT2D eigenvalue weighted by Gasteiger charge is 2.24. The largest absolute Gasteiger partial charge is 0.480 e. The molecule has 0 aromatic heterocycles. The highest BCUT2D eigenvalue weighted by Crippen LogP contribution is 2.25. The van der Waals surface area contributed by atoms with Crippen molar-refractivity contribution in [1.82, 2.24) is 5.01 Å². The average Bonchev–Trinajstić information content (AvgIpc) is 2.32. The first-order valence-electron chi connectivity index (χ1n) is 5.52. The van der Waals surface area contributed by atoms with E-state index in [1.165, 1.54) is 0 Å². The number of amides is 1. The Morgan fingerprint density at radius 2 is 2.11 bits per heavy atom. The molecule has 1 aromatic rings. The van der Waals surface area contributed by atoms with Crippen molar-refractivity contribution in [2.45, 2.75) is 12.8 Å². The maximum Gasteiger partial charge on any atom is 0.325 e. The van der Waals surface area contributed by atoms with Crippen LogP contribution in [0.25, 0.3) is 0 Å². The summed E-state index contributed by atoms with van der Waals surface area (Å²) in [5, 5.41) is 14.7. The van der Waals surface area contributed by atoms with Gasteiger partial charge >= 0.3 is 5.97 Å². The van der Waals surface area contributed by atoms with Gasteiger partial charge in [0.1, 0.15) is 6.54 Å². The van der Waals surface area contributed by atoms with Crippen molar-refractivity contribution in [1.29, 1.82) is 0 Å². The number of nitrogens with zero attached hydrogens (tertiary/aromatic N) is 2. The molecule has 0 saturated heterocycles. The lowest BCUT2D eigenvalue weighted by atomic mass is 10.0. The van der Waals surface area contributed by atoms with Crippen LogP contribution in [0.15, 0.2) is 23.3 Å². The first kappa shape index (κ1) is 13.8. The number of carboxylic acids is 1. The molecule has 19 heavy (non-hydrogen) atoms. The van der Waals surface area contributed by atoms with Gasteiger partial charge in [-0.25, -0.2) is 5.01 Å². The Balaban J connectivity index is 2.33. The van der Waals surface area contributed by atoms with E-state index in [0.29, 0.717) is 27.7 Å². The smallest absolute Gasteiger partial charge is 0.325 e. The molecular weight excluding hydrogens is 291 g/mol. The third-order valence-electron chi connectivity index (χ3n) is 2.63. The van der Waals surface area contributed by atoms with Crippen molar-refractivity contribution in [3.8, 4) is 0 Å². The number of hydrogen-bond donors (Lipinski definition) is 1. The van der Waals surface area contributed by atoms with E-state index < -0.39 is 12.5 Å². The zero-order valence-electron chi connectivity index (χ0n) is 9.77. The van der Waals surface area contributed by atoms with Crippen molar-refractivity contribution < 1.29 is 14.7 Å². The maximum absolute atomic E-state index is 11.5. The van der Waals surface area contributed by atoms with E-state index in [9.17, 15) is 9.59 Å². The lowest BCUT2D eigenvalue weighted by Crippen LogP contribution is -2.35. The summed E-state index contributed by atoms with van der Waals surface area (Å²) in [4.78, 5) is 22.2. The highest BCUT2D eigenvalue weighted by atomic mass is 35.5. The monoisotopic (exact) mass is 300 g/mol. The van der Waals surface area contributed by atoms with E-state index in [2.05, 4.69) is 5.10 Å². The van der Waals surface area contributed by atoms with Crippen LogP contribution in [0.5, 0.6) is 0 Å². The minimum Gasteiger partial charge on any atom is -0.480 e. The second-order valence-electron chi connectivity index (χ2n) is 4.02. The number of halogens is 2. The van der Waals surface area contributed by atoms with Crippen LogP contribution in [0.2, 0.25) is 10.0 Å². The predicted octanol–water partition coefficient (Wildman–Crippen LogP) is 2.40. The molecule has 1 aliphatic rings. The van der Waals surface area contributed by atoms with Crippen molar-refractivity contribution in [3.05, 3.63) is 33.8 Å². The van der Waals surface area contributed by atoms with E-state index >= 15 is 0 Å². The Morgan fingerprint density at radius 1 is 1.37 bits per heavy atom. The van der Waals surface area contributed by atoms with Gasteiger partial charge in [-0.1, -0.05) is 29.3 Å². The van der Waals surface area contributed by atoms with Gasteiger partial charge in [-0.3, -0.25) is 9.59 Å². The number of hydrogen-bond acceptors (Lipinski definition) is 3. The summed E-state index contributed by atoms with van der Waals surface area (Å²) >= 11 is 11.9. The van der Waals surface area contributed by atoms with E-state index in [-0.39, 0.29) is 12.3 Å². The number of carboxylic acid groups (broad SMARTS) is 1. The van der Waals surface area contributed by atoms with Crippen LogP contribution in [-0.4, -0.2) is 34.2 Å². The van der Waals surface area contributed by atoms with Gasteiger partial charge in [-0.05, 0) is 12.1 Å². The molecule has 0 fully saturated rings. The number of hydrazone groups is 1. The van der Waals surface area contributed by atoms with Gasteiger partial charge in [0, 0.05) is 23.4 Å². The van der Waals surface area contributed by atoms with Gasteiger partial charge in [-0.15, -0.1) is 0 Å². The van der Waals surface area contributed by atoms with Crippen molar-refractivity contribution >= 4 is 40.8 Å². The van der Waals surface area contributed by atoms with Gasteiger partial charge in [0.05, 0.1) is 10.7 Å². The van der Waals surface area contributed by atoms with Crippen molar-refractivity contribution in [2.75, 3.05) is 6.54 Å². The van der Waals surface area contributed by atoms with Gasteiger partial charge < -0.3 is 5.11 Å². The van der Waals surface area contributed by atoms with Crippen LogP contribution < -0.4 is 0 Å². The zero-order chi connectivity index (χ0) is 14.0. The summed E-state index contributed by atoms with van der Waals surface area (Å²) < 4.78 is 0. The molecule has 1 heterocycles. The Hall–Kier alpha value is -1.59. The second-order valence-corrected chi connectivity index (χ2v) is 4.86. The summed E-state index contributed by atoms with van der Waals surface area (Å²) in [6.45, 7) is -0.451. The van der Waals surface area contributed by atoms with Crippen LogP contribution in [0.1, 0.15) is 18.4 Å². The molecule has 1 aromatic carbocycles. The summed E-state index contributed by atoms with van der Waals surface area (Å²) in [5.41, 5.74) is 1.25. The molecule has 100 valence electrons. The normalized spacial score (nSPS) is 15.4. The Labute approximate surface area is 119 Å². The molecule has 0 saturated carbocycles. The quantitative estimate of drug-likeness (QED) is 0.932. The number of carbonyl (C=O) groups excluding carboxylic acids is 1. The molecule has 1 aliphatic heterocycles. The van der Waals surface area contributed by atoms with E-state index in [4.69, 9.17) is 28.3 Å². The molecule has 0 aliphatic carbocycles. The van der Waals surface area contributed by atoms with Crippen molar-refractivity contribution in [3.63, 3.8) is 0 Å². The van der Waals surface area contributed by atoms with Gasteiger partial charge in [0.2, 0.25) is 5.91 Å². The highest BCUT2D eigenvalue weighted by molar-refractivity contribution is 6.37. The van der Waals surface area contributed by atoms with Gasteiger partial charge in [0.25, 0.3) is 0 Å². The van der Waals surface area contributed by atoms with Crippen LogP contribution in [0.4, 0.5) is 0 Å². The minimum atomic E-state index is -1.11. The van der Waals surface area contributed by atoms with Crippen LogP contribution in [0, 0.1) is 0 Å². The Bertz CT molecular complexity index is 572. The molecule has 1 N–H and O–H groups in total. The summed E-state index contributed by atoms with van der Waals surface area (Å²) in [6.07, 6.45) is 0.640. The van der Waals surface area contributed by atoms with Gasteiger partial charge in [0.15, 0.2) is 0 Å². The molecule has 2 rings (SSSR count). The number of benzene rings is 1. The molecule has 0 radical (unpaired) electrons. The van der Waals surface area contributed by atoms with Gasteiger partial charge in [-0.2, -0.15) is 5.10 Å². The fourth-order valence-corrected chi connectivity index (χ4v) is 2.29. The maximum atomic E-state index is 11.5. The third-order valence-corrected chi connectivity index (χ3v) is 3.18. The molecule has 0 unspecified atom stereocenters. The molecular formula is C12H10Cl2N2O3. The fourth-order valence-electron chi connectivity index (χ4n) is 1.77. The molecule has 5 nitrogen and oxygen atoms in total. The lowest BCUT2D eigenvalue weighted by molar-refractivity contribution is -0.144. The average molecular weight is 301 g/mol. The molecule has 7 heteroatoms. The summed E-state index contributed by atoms with van der Waals surface area (Å²) in [6, 6.07) is 4.96. The summed E-state index contributed by atoms with van der Waals surface area (Å²) in [5.74, 6) is -1.42. The first-order valence-corrected chi connectivity index (χ1v) is 6.28. The first-order chi connectivity index (χ1) is 8.97.